The average molecular weight is 411 g/mol. The number of likely N-dealkylation sites (N-methyl/N-ethyl adjacent to an activating group) is 1. The standard InChI is InChI=1S/C21H26FN7O/c1-13-7-16(11-24-10-13)25-20-15(9-23)8-17(22)21(27-20)26-18-5-6-29(14(2)30)12-19(18)28(3)4/h7-8,10-11,18-19H,5-6,12H2,1-4H3,(H2,25,26,27). The highest BCUT2D eigenvalue weighted by atomic mass is 19.1. The van der Waals surface area contributed by atoms with Crippen LogP contribution in [0.3, 0.4) is 0 Å². The third-order valence-corrected chi connectivity index (χ3v) is 5.25. The monoisotopic (exact) mass is 411 g/mol. The first kappa shape index (κ1) is 21.5. The number of carbonyl (C=O) groups is 1. The van der Waals surface area contributed by atoms with Crippen LogP contribution in [0.4, 0.5) is 21.7 Å². The van der Waals surface area contributed by atoms with Crippen LogP contribution in [0.2, 0.25) is 0 Å². The fourth-order valence-corrected chi connectivity index (χ4v) is 3.62. The van der Waals surface area contributed by atoms with E-state index in [1.807, 2.05) is 38.1 Å². The van der Waals surface area contributed by atoms with Gasteiger partial charge in [-0.1, -0.05) is 0 Å². The smallest absolute Gasteiger partial charge is 0.219 e. The van der Waals surface area contributed by atoms with Crippen LogP contribution in [0.15, 0.2) is 24.5 Å². The van der Waals surface area contributed by atoms with Crippen LogP contribution in [0.25, 0.3) is 0 Å². The molecule has 0 bridgehead atoms. The Bertz CT molecular complexity index is 972. The van der Waals surface area contributed by atoms with Crippen LogP contribution in [-0.2, 0) is 4.79 Å². The lowest BCUT2D eigenvalue weighted by molar-refractivity contribution is -0.130. The number of pyridine rings is 2. The SMILES string of the molecule is CC(=O)N1CCC(Nc2nc(Nc3cncc(C)c3)c(C#N)cc2F)C(N(C)C)C1. The lowest BCUT2D eigenvalue weighted by Gasteiger charge is -2.41. The van der Waals surface area contributed by atoms with Crippen molar-refractivity contribution in [2.75, 3.05) is 37.8 Å². The summed E-state index contributed by atoms with van der Waals surface area (Å²) >= 11 is 0. The third-order valence-electron chi connectivity index (χ3n) is 5.25. The lowest BCUT2D eigenvalue weighted by atomic mass is 9.98. The Morgan fingerprint density at radius 3 is 2.73 bits per heavy atom. The number of hydrogen-bond donors (Lipinski definition) is 2. The van der Waals surface area contributed by atoms with Gasteiger partial charge in [0.2, 0.25) is 5.91 Å². The second-order valence-corrected chi connectivity index (χ2v) is 7.74. The minimum atomic E-state index is -0.592. The number of anilines is 3. The van der Waals surface area contributed by atoms with Crippen molar-refractivity contribution in [2.24, 2.45) is 0 Å². The summed E-state index contributed by atoms with van der Waals surface area (Å²) in [6.07, 6.45) is 4.00. The number of nitriles is 1. The molecule has 1 saturated heterocycles. The average Bonchev–Trinajstić information content (AvgIpc) is 2.70. The second-order valence-electron chi connectivity index (χ2n) is 7.74. The van der Waals surface area contributed by atoms with Gasteiger partial charge in [-0.05, 0) is 45.1 Å². The van der Waals surface area contributed by atoms with Gasteiger partial charge in [0, 0.05) is 38.3 Å². The van der Waals surface area contributed by atoms with E-state index in [9.17, 15) is 14.4 Å². The zero-order valence-electron chi connectivity index (χ0n) is 17.6. The highest BCUT2D eigenvalue weighted by Crippen LogP contribution is 2.26. The van der Waals surface area contributed by atoms with Crippen molar-refractivity contribution in [3.63, 3.8) is 0 Å². The van der Waals surface area contributed by atoms with Crippen molar-refractivity contribution in [3.05, 3.63) is 41.5 Å². The number of rotatable bonds is 5. The van der Waals surface area contributed by atoms with Crippen LogP contribution in [0, 0.1) is 24.1 Å². The van der Waals surface area contributed by atoms with Gasteiger partial charge in [-0.15, -0.1) is 0 Å². The number of likely N-dealkylation sites (tertiary alicyclic amines) is 1. The van der Waals surface area contributed by atoms with Gasteiger partial charge in [0.15, 0.2) is 17.5 Å². The minimum absolute atomic E-state index is 0.00289. The summed E-state index contributed by atoms with van der Waals surface area (Å²) in [7, 11) is 3.87. The van der Waals surface area contributed by atoms with Crippen molar-refractivity contribution in [1.82, 2.24) is 19.8 Å². The summed E-state index contributed by atoms with van der Waals surface area (Å²) in [6, 6.07) is 4.92. The summed E-state index contributed by atoms with van der Waals surface area (Å²) in [5, 5.41) is 15.7. The number of aromatic nitrogens is 2. The maximum Gasteiger partial charge on any atom is 0.219 e. The van der Waals surface area contributed by atoms with E-state index in [1.54, 1.807) is 24.2 Å². The molecule has 8 nitrogen and oxygen atoms in total. The number of halogens is 1. The lowest BCUT2D eigenvalue weighted by Crippen LogP contribution is -2.56. The summed E-state index contributed by atoms with van der Waals surface area (Å²) in [6.45, 7) is 4.61. The van der Waals surface area contributed by atoms with E-state index in [2.05, 4.69) is 20.6 Å². The van der Waals surface area contributed by atoms with Crippen LogP contribution >= 0.6 is 0 Å². The van der Waals surface area contributed by atoms with Gasteiger partial charge in [-0.2, -0.15) is 5.26 Å². The van der Waals surface area contributed by atoms with Crippen molar-refractivity contribution in [2.45, 2.75) is 32.4 Å². The second kappa shape index (κ2) is 9.05. The predicted molar refractivity (Wildman–Crippen MR) is 113 cm³/mol. The molecule has 30 heavy (non-hydrogen) atoms. The van der Waals surface area contributed by atoms with Crippen molar-refractivity contribution in [1.29, 1.82) is 5.26 Å². The van der Waals surface area contributed by atoms with Gasteiger partial charge in [0.1, 0.15) is 6.07 Å². The number of carbonyl (C=O) groups excluding carboxylic acids is 1. The van der Waals surface area contributed by atoms with E-state index in [-0.39, 0.29) is 35.2 Å². The number of aryl methyl sites for hydroxylation is 1. The molecule has 0 spiro atoms. The first-order chi connectivity index (χ1) is 14.3. The summed E-state index contributed by atoms with van der Waals surface area (Å²) in [5.74, 6) is -0.228. The van der Waals surface area contributed by atoms with Crippen molar-refractivity contribution < 1.29 is 9.18 Å². The van der Waals surface area contributed by atoms with E-state index in [1.165, 1.54) is 6.07 Å². The molecule has 3 heterocycles. The van der Waals surface area contributed by atoms with Gasteiger partial charge in [-0.25, -0.2) is 9.37 Å². The Morgan fingerprint density at radius 1 is 1.33 bits per heavy atom. The summed E-state index contributed by atoms with van der Waals surface area (Å²) < 4.78 is 14.7. The Labute approximate surface area is 175 Å². The Morgan fingerprint density at radius 2 is 2.10 bits per heavy atom. The third kappa shape index (κ3) is 4.83. The number of nitrogens with zero attached hydrogens (tertiary/aromatic N) is 5. The fraction of sp³-hybridized carbons (Fsp3) is 0.429. The molecule has 0 aliphatic carbocycles. The molecule has 1 amide bonds. The predicted octanol–water partition coefficient (Wildman–Crippen LogP) is 2.50. The number of piperidine rings is 1. The molecular weight excluding hydrogens is 385 g/mol. The molecule has 2 N–H and O–H groups in total. The molecule has 0 radical (unpaired) electrons. The largest absolute Gasteiger partial charge is 0.363 e. The van der Waals surface area contributed by atoms with E-state index in [0.29, 0.717) is 25.2 Å². The van der Waals surface area contributed by atoms with E-state index < -0.39 is 5.82 Å². The first-order valence-corrected chi connectivity index (χ1v) is 9.76. The molecule has 0 aromatic carbocycles. The quantitative estimate of drug-likeness (QED) is 0.780. The Kier molecular flexibility index (Phi) is 6.47. The highest BCUT2D eigenvalue weighted by molar-refractivity contribution is 5.73. The van der Waals surface area contributed by atoms with Crippen LogP contribution < -0.4 is 10.6 Å². The number of amides is 1. The van der Waals surface area contributed by atoms with Gasteiger partial charge >= 0.3 is 0 Å². The van der Waals surface area contributed by atoms with Crippen LogP contribution in [-0.4, -0.2) is 64.9 Å². The topological polar surface area (TPSA) is 97.2 Å². The molecule has 1 aliphatic rings. The molecule has 1 fully saturated rings. The summed E-state index contributed by atoms with van der Waals surface area (Å²) in [5.41, 5.74) is 1.72. The minimum Gasteiger partial charge on any atom is -0.363 e. The molecule has 2 unspecified atom stereocenters. The van der Waals surface area contributed by atoms with Crippen LogP contribution in [0.5, 0.6) is 0 Å². The number of nitrogens with one attached hydrogen (secondary N) is 2. The maximum absolute atomic E-state index is 14.7. The maximum atomic E-state index is 14.7. The fourth-order valence-electron chi connectivity index (χ4n) is 3.62. The van der Waals surface area contributed by atoms with Gasteiger partial charge in [0.25, 0.3) is 0 Å². The first-order valence-electron chi connectivity index (χ1n) is 9.76. The van der Waals surface area contributed by atoms with E-state index >= 15 is 0 Å². The molecule has 2 atom stereocenters. The Hall–Kier alpha value is -3.25. The molecule has 3 rings (SSSR count). The van der Waals surface area contributed by atoms with Gasteiger partial charge in [0.05, 0.1) is 17.4 Å². The van der Waals surface area contributed by atoms with Crippen LogP contribution in [0.1, 0.15) is 24.5 Å². The normalized spacial score (nSPS) is 18.8. The summed E-state index contributed by atoms with van der Waals surface area (Å²) in [4.78, 5) is 24.1. The van der Waals surface area contributed by atoms with Gasteiger partial charge in [-0.3, -0.25) is 9.78 Å². The van der Waals surface area contributed by atoms with E-state index in [4.69, 9.17) is 0 Å². The van der Waals surface area contributed by atoms with Gasteiger partial charge < -0.3 is 20.4 Å². The molecule has 2 aromatic rings. The highest BCUT2D eigenvalue weighted by Gasteiger charge is 2.32. The molecule has 2 aromatic heterocycles. The van der Waals surface area contributed by atoms with Crippen molar-refractivity contribution >= 4 is 23.2 Å². The molecular formula is C21H26FN7O. The molecule has 1 aliphatic heterocycles. The zero-order valence-corrected chi connectivity index (χ0v) is 17.6. The number of hydrogen-bond acceptors (Lipinski definition) is 7. The molecule has 158 valence electrons. The van der Waals surface area contributed by atoms with E-state index in [0.717, 1.165) is 5.56 Å². The Balaban J connectivity index is 1.86. The molecule has 9 heteroatoms. The van der Waals surface area contributed by atoms with Crippen molar-refractivity contribution in [3.8, 4) is 6.07 Å². The zero-order chi connectivity index (χ0) is 21.8. The molecule has 0 saturated carbocycles.